The lowest BCUT2D eigenvalue weighted by atomic mass is 9.93. The summed E-state index contributed by atoms with van der Waals surface area (Å²) in [4.78, 5) is 21.5. The third kappa shape index (κ3) is 6.44. The Kier molecular flexibility index (Phi) is 9.51. The fourth-order valence-electron chi connectivity index (χ4n) is 5.80. The molecular weight excluding hydrogens is 628 g/mol. The number of hydrogen-bond donors (Lipinski definition) is 6. The average molecular weight is 663 g/mol. The number of H-pyrrole nitrogens is 1. The molecule has 2 fully saturated rings. The summed E-state index contributed by atoms with van der Waals surface area (Å²) in [5.74, 6) is -2.24. The maximum absolute atomic E-state index is 14.8. The standard InChI is InChI=1S/C29H33F2N7O7S/c1-2-44-16-5-3-15(4-6-16)37-11-18(23(36-37)22-17(30)7-8-21(31)35-22)33-27(43)19-13-46-28(34-19)14-9-32-38(10-14)29-26(42)25(41)24(40)20(12-39)45-29/h7-11,13,15-16,20,24-26,29,39-42H,2-6,12H2,1H3,(H,33,43)/p+1. The van der Waals surface area contributed by atoms with E-state index < -0.39 is 54.9 Å². The van der Waals surface area contributed by atoms with E-state index in [1.165, 1.54) is 22.5 Å². The van der Waals surface area contributed by atoms with Crippen molar-refractivity contribution in [2.24, 2.45) is 0 Å². The molecule has 1 aliphatic heterocycles. The molecule has 6 rings (SSSR count). The number of ether oxygens (including phenoxy) is 2. The largest absolute Gasteiger partial charge is 0.394 e. The van der Waals surface area contributed by atoms with Crippen molar-refractivity contribution in [3.63, 3.8) is 0 Å². The number of nitrogens with zero attached hydrogens (tertiary/aromatic N) is 5. The second-order valence-electron chi connectivity index (χ2n) is 11.2. The number of nitrogens with one attached hydrogen (secondary N) is 2. The van der Waals surface area contributed by atoms with Crippen molar-refractivity contribution in [1.82, 2.24) is 24.8 Å². The van der Waals surface area contributed by atoms with Crippen molar-refractivity contribution in [2.45, 2.75) is 75.4 Å². The van der Waals surface area contributed by atoms with Gasteiger partial charge in [0.1, 0.15) is 46.5 Å². The molecule has 1 saturated carbocycles. The van der Waals surface area contributed by atoms with Crippen LogP contribution in [0.3, 0.4) is 0 Å². The number of carbonyl (C=O) groups is 1. The number of carbonyl (C=O) groups excluding carboxylic acids is 1. The predicted molar refractivity (Wildman–Crippen MR) is 157 cm³/mol. The van der Waals surface area contributed by atoms with Crippen LogP contribution in [0.5, 0.6) is 0 Å². The molecule has 0 bridgehead atoms. The van der Waals surface area contributed by atoms with E-state index in [1.807, 2.05) is 6.92 Å². The highest BCUT2D eigenvalue weighted by Crippen LogP contribution is 2.33. The van der Waals surface area contributed by atoms with Crippen LogP contribution in [0, 0.1) is 11.8 Å². The second-order valence-corrected chi connectivity index (χ2v) is 12.1. The number of pyridine rings is 1. The summed E-state index contributed by atoms with van der Waals surface area (Å²) >= 11 is 1.14. The Morgan fingerprint density at radius 3 is 2.70 bits per heavy atom. The van der Waals surface area contributed by atoms with Crippen LogP contribution in [-0.4, -0.2) is 94.9 Å². The van der Waals surface area contributed by atoms with Crippen LogP contribution in [0.15, 0.2) is 36.1 Å². The zero-order chi connectivity index (χ0) is 32.5. The molecule has 1 saturated heterocycles. The van der Waals surface area contributed by atoms with E-state index in [4.69, 9.17) is 9.47 Å². The molecule has 2 aliphatic rings. The molecule has 4 aromatic heterocycles. The number of hydrogen-bond acceptors (Lipinski definition) is 11. The number of halogens is 2. The topological polar surface area (TPSA) is 192 Å². The molecule has 14 nitrogen and oxygen atoms in total. The summed E-state index contributed by atoms with van der Waals surface area (Å²) < 4.78 is 43.2. The van der Waals surface area contributed by atoms with Gasteiger partial charge in [-0.25, -0.2) is 19.0 Å². The van der Waals surface area contributed by atoms with Gasteiger partial charge in [0, 0.05) is 36.6 Å². The lowest BCUT2D eigenvalue weighted by molar-refractivity contribution is -0.775. The molecule has 46 heavy (non-hydrogen) atoms. The van der Waals surface area contributed by atoms with E-state index in [1.54, 1.807) is 10.9 Å². The lowest BCUT2D eigenvalue weighted by Crippen LogP contribution is -2.56. The summed E-state index contributed by atoms with van der Waals surface area (Å²) in [6.45, 7) is 2.01. The predicted octanol–water partition coefficient (Wildman–Crippen LogP) is 1.71. The Balaban J connectivity index is 1.22. The number of anilines is 1. The van der Waals surface area contributed by atoms with Gasteiger partial charge < -0.3 is 35.2 Å². The summed E-state index contributed by atoms with van der Waals surface area (Å²) in [5, 5.41) is 52.0. The van der Waals surface area contributed by atoms with Gasteiger partial charge in [0.15, 0.2) is 23.8 Å². The zero-order valence-electron chi connectivity index (χ0n) is 24.7. The highest BCUT2D eigenvalue weighted by Gasteiger charge is 2.44. The van der Waals surface area contributed by atoms with Gasteiger partial charge in [-0.2, -0.15) is 14.6 Å². The molecule has 5 unspecified atom stereocenters. The molecule has 6 N–H and O–H groups in total. The Bertz CT molecular complexity index is 1670. The third-order valence-corrected chi connectivity index (χ3v) is 9.12. The fraction of sp³-hybridized carbons (Fsp3) is 0.483. The summed E-state index contributed by atoms with van der Waals surface area (Å²) in [5.41, 5.74) is 0.531. The minimum absolute atomic E-state index is 0.0174. The summed E-state index contributed by atoms with van der Waals surface area (Å²) in [6, 6.07) is 1.90. The van der Waals surface area contributed by atoms with E-state index in [2.05, 4.69) is 25.5 Å². The minimum Gasteiger partial charge on any atom is -0.394 e. The average Bonchev–Trinajstić information content (AvgIpc) is 3.82. The molecule has 17 heteroatoms. The number of aromatic amines is 1. The zero-order valence-corrected chi connectivity index (χ0v) is 25.5. The van der Waals surface area contributed by atoms with Crippen molar-refractivity contribution in [1.29, 1.82) is 0 Å². The Morgan fingerprint density at radius 2 is 1.96 bits per heavy atom. The molecule has 1 amide bonds. The van der Waals surface area contributed by atoms with Gasteiger partial charge in [-0.3, -0.25) is 4.79 Å². The molecule has 0 aromatic carbocycles. The first-order valence-electron chi connectivity index (χ1n) is 14.9. The smallest absolute Gasteiger partial charge is 0.275 e. The van der Waals surface area contributed by atoms with E-state index in [9.17, 15) is 34.0 Å². The number of thiazole rings is 1. The molecular formula is C29H34F2N7O7S+. The first kappa shape index (κ1) is 32.2. The maximum Gasteiger partial charge on any atom is 0.275 e. The number of rotatable bonds is 9. The van der Waals surface area contributed by atoms with Crippen molar-refractivity contribution >= 4 is 22.9 Å². The highest BCUT2D eigenvalue weighted by atomic mass is 32.1. The Morgan fingerprint density at radius 1 is 1.17 bits per heavy atom. The van der Waals surface area contributed by atoms with Crippen LogP contribution < -0.4 is 10.00 Å². The molecule has 0 spiro atoms. The van der Waals surface area contributed by atoms with Crippen LogP contribution in [0.4, 0.5) is 14.5 Å². The molecule has 5 heterocycles. The van der Waals surface area contributed by atoms with Crippen LogP contribution in [0.2, 0.25) is 0 Å². The lowest BCUT2D eigenvalue weighted by Gasteiger charge is -2.39. The number of amides is 1. The SMILES string of the molecule is CCOC1CCC([n+]2cc(NC(=O)c3csc(-c4cnn(C5OC(CO)C(O)C(O)C5O)c4)n3)c(-c3nc(F)ccc3F)[nH]2)CC1. The first-order chi connectivity index (χ1) is 22.2. The van der Waals surface area contributed by atoms with E-state index in [0.29, 0.717) is 17.2 Å². The van der Waals surface area contributed by atoms with Crippen LogP contribution in [0.25, 0.3) is 22.0 Å². The van der Waals surface area contributed by atoms with Crippen LogP contribution in [0.1, 0.15) is 55.4 Å². The van der Waals surface area contributed by atoms with Crippen molar-refractivity contribution < 1.29 is 48.2 Å². The highest BCUT2D eigenvalue weighted by molar-refractivity contribution is 7.13. The molecule has 4 aromatic rings. The fourth-order valence-corrected chi connectivity index (χ4v) is 6.58. The number of aliphatic hydroxyl groups excluding tert-OH is 4. The summed E-state index contributed by atoms with van der Waals surface area (Å²) in [7, 11) is 0. The van der Waals surface area contributed by atoms with Gasteiger partial charge in [0.25, 0.3) is 5.91 Å². The Hall–Kier alpha value is -3.71. The van der Waals surface area contributed by atoms with Gasteiger partial charge in [-0.15, -0.1) is 16.0 Å². The molecule has 5 atom stereocenters. The second kappa shape index (κ2) is 13.6. The molecule has 246 valence electrons. The minimum atomic E-state index is -1.57. The van der Waals surface area contributed by atoms with E-state index >= 15 is 0 Å². The quantitative estimate of drug-likeness (QED) is 0.114. The van der Waals surface area contributed by atoms with E-state index in [-0.39, 0.29) is 34.9 Å². The monoisotopic (exact) mass is 662 g/mol. The third-order valence-electron chi connectivity index (χ3n) is 8.23. The van der Waals surface area contributed by atoms with Crippen molar-refractivity contribution in [3.8, 4) is 22.0 Å². The van der Waals surface area contributed by atoms with Gasteiger partial charge in [0.05, 0.1) is 18.9 Å². The summed E-state index contributed by atoms with van der Waals surface area (Å²) in [6.07, 6.45) is 1.05. The van der Waals surface area contributed by atoms with E-state index in [0.717, 1.165) is 49.2 Å². The first-order valence-corrected chi connectivity index (χ1v) is 15.7. The normalized spacial score (nSPS) is 26.7. The molecule has 0 radical (unpaired) electrons. The van der Waals surface area contributed by atoms with Crippen LogP contribution >= 0.6 is 11.3 Å². The van der Waals surface area contributed by atoms with Gasteiger partial charge in [0.2, 0.25) is 12.1 Å². The van der Waals surface area contributed by atoms with Gasteiger partial charge in [-0.05, 0) is 31.9 Å². The molecule has 1 aliphatic carbocycles. The Labute approximate surface area is 265 Å². The van der Waals surface area contributed by atoms with Gasteiger partial charge in [-0.1, -0.05) is 0 Å². The number of aromatic nitrogens is 6. The van der Waals surface area contributed by atoms with Crippen molar-refractivity contribution in [2.75, 3.05) is 18.5 Å². The van der Waals surface area contributed by atoms with Crippen molar-refractivity contribution in [3.05, 3.63) is 53.6 Å². The maximum atomic E-state index is 14.8. The van der Waals surface area contributed by atoms with Gasteiger partial charge >= 0.3 is 0 Å². The number of aliphatic hydroxyl groups is 4. The van der Waals surface area contributed by atoms with Crippen LogP contribution in [-0.2, 0) is 9.47 Å².